The van der Waals surface area contributed by atoms with Crippen LogP contribution in [0.5, 0.6) is 5.75 Å². The minimum atomic E-state index is -0.294. The monoisotopic (exact) mass is 355 g/mol. The summed E-state index contributed by atoms with van der Waals surface area (Å²) in [7, 11) is 0. The maximum absolute atomic E-state index is 12.3. The quantitative estimate of drug-likeness (QED) is 0.711. The Morgan fingerprint density at radius 1 is 0.962 bits per heavy atom. The second-order valence-electron chi connectivity index (χ2n) is 6.13. The molecule has 138 valence electrons. The van der Waals surface area contributed by atoms with E-state index in [9.17, 15) is 9.59 Å². The summed E-state index contributed by atoms with van der Waals surface area (Å²) in [5.74, 6) is 0.0897. The molecule has 0 spiro atoms. The second-order valence-corrected chi connectivity index (χ2v) is 6.13. The maximum Gasteiger partial charge on any atom is 0.255 e. The van der Waals surface area contributed by atoms with E-state index < -0.39 is 0 Å². The number of hydrogen-bond donors (Lipinski definition) is 3. The van der Waals surface area contributed by atoms with E-state index in [-0.39, 0.29) is 23.8 Å². The van der Waals surface area contributed by atoms with Crippen LogP contribution in [0.2, 0.25) is 0 Å². The molecule has 26 heavy (non-hydrogen) atoms. The van der Waals surface area contributed by atoms with Crippen LogP contribution in [0.3, 0.4) is 0 Å². The number of carbonyl (C=O) groups excluding carboxylic acids is 2. The molecule has 6 nitrogen and oxygen atoms in total. The van der Waals surface area contributed by atoms with Gasteiger partial charge in [0.15, 0.2) is 0 Å². The van der Waals surface area contributed by atoms with Crippen LogP contribution in [-0.2, 0) is 4.79 Å². The zero-order chi connectivity index (χ0) is 19.1. The van der Waals surface area contributed by atoms with Crippen molar-refractivity contribution in [2.75, 3.05) is 17.2 Å². The number of rotatable bonds is 7. The van der Waals surface area contributed by atoms with Crippen molar-refractivity contribution < 1.29 is 14.3 Å². The molecule has 0 radical (unpaired) electrons. The lowest BCUT2D eigenvalue weighted by molar-refractivity contribution is -0.119. The standard InChI is InChI=1S/C20H25N3O3/c1-4-26-18-11-9-17(10-12-18)23-20(25)15-5-7-16(8-6-15)22-19(24)13(2)14(3)21/h5-14H,4,21H2,1-3H3,(H,22,24)(H,23,25). The van der Waals surface area contributed by atoms with Crippen molar-refractivity contribution in [2.24, 2.45) is 11.7 Å². The predicted octanol–water partition coefficient (Wildman–Crippen LogP) is 3.26. The van der Waals surface area contributed by atoms with Crippen LogP contribution in [0.15, 0.2) is 48.5 Å². The van der Waals surface area contributed by atoms with Crippen LogP contribution >= 0.6 is 0 Å². The Kier molecular flexibility index (Phi) is 6.74. The summed E-state index contributed by atoms with van der Waals surface area (Å²) in [4.78, 5) is 24.3. The van der Waals surface area contributed by atoms with Crippen LogP contribution in [0.4, 0.5) is 11.4 Å². The first-order valence-corrected chi connectivity index (χ1v) is 8.61. The molecule has 0 aliphatic heterocycles. The molecule has 0 saturated heterocycles. The fourth-order valence-electron chi connectivity index (χ4n) is 2.20. The van der Waals surface area contributed by atoms with Gasteiger partial charge >= 0.3 is 0 Å². The average molecular weight is 355 g/mol. The van der Waals surface area contributed by atoms with E-state index in [4.69, 9.17) is 10.5 Å². The highest BCUT2D eigenvalue weighted by Gasteiger charge is 2.17. The molecule has 0 aromatic heterocycles. The number of amides is 2. The van der Waals surface area contributed by atoms with Crippen LogP contribution in [0.1, 0.15) is 31.1 Å². The number of carbonyl (C=O) groups is 2. The molecule has 2 aromatic carbocycles. The second kappa shape index (κ2) is 9.01. The third-order valence-electron chi connectivity index (χ3n) is 4.04. The Morgan fingerprint density at radius 3 is 2.04 bits per heavy atom. The Morgan fingerprint density at radius 2 is 1.50 bits per heavy atom. The molecular formula is C20H25N3O3. The molecule has 0 saturated carbocycles. The van der Waals surface area contributed by atoms with E-state index in [1.807, 2.05) is 6.92 Å². The van der Waals surface area contributed by atoms with Crippen LogP contribution in [0.25, 0.3) is 0 Å². The summed E-state index contributed by atoms with van der Waals surface area (Å²) in [6, 6.07) is 13.7. The summed E-state index contributed by atoms with van der Waals surface area (Å²) in [5, 5.41) is 5.62. The van der Waals surface area contributed by atoms with E-state index in [2.05, 4.69) is 10.6 Å². The molecule has 2 unspecified atom stereocenters. The predicted molar refractivity (Wildman–Crippen MR) is 103 cm³/mol. The minimum Gasteiger partial charge on any atom is -0.494 e. The fourth-order valence-corrected chi connectivity index (χ4v) is 2.20. The lowest BCUT2D eigenvalue weighted by atomic mass is 10.0. The summed E-state index contributed by atoms with van der Waals surface area (Å²) >= 11 is 0. The largest absolute Gasteiger partial charge is 0.494 e. The molecule has 6 heteroatoms. The van der Waals surface area contributed by atoms with E-state index >= 15 is 0 Å². The normalized spacial score (nSPS) is 12.8. The molecule has 2 aromatic rings. The molecular weight excluding hydrogens is 330 g/mol. The molecule has 0 bridgehead atoms. The zero-order valence-electron chi connectivity index (χ0n) is 15.3. The van der Waals surface area contributed by atoms with Gasteiger partial charge in [-0.05, 0) is 62.4 Å². The number of benzene rings is 2. The highest BCUT2D eigenvalue weighted by molar-refractivity contribution is 6.04. The van der Waals surface area contributed by atoms with Gasteiger partial charge in [-0.3, -0.25) is 9.59 Å². The van der Waals surface area contributed by atoms with E-state index in [0.717, 1.165) is 5.75 Å². The summed E-state index contributed by atoms with van der Waals surface area (Å²) in [5.41, 5.74) is 7.54. The lowest BCUT2D eigenvalue weighted by Gasteiger charge is -2.15. The van der Waals surface area contributed by atoms with Gasteiger partial charge in [-0.2, -0.15) is 0 Å². The lowest BCUT2D eigenvalue weighted by Crippen LogP contribution is -2.34. The van der Waals surface area contributed by atoms with Gasteiger partial charge in [0, 0.05) is 23.0 Å². The molecule has 0 aliphatic rings. The van der Waals surface area contributed by atoms with Crippen molar-refractivity contribution in [1.82, 2.24) is 0 Å². The van der Waals surface area contributed by atoms with Gasteiger partial charge in [0.2, 0.25) is 5.91 Å². The van der Waals surface area contributed by atoms with E-state index in [0.29, 0.717) is 23.5 Å². The topological polar surface area (TPSA) is 93.5 Å². The third kappa shape index (κ3) is 5.32. The van der Waals surface area contributed by atoms with Crippen molar-refractivity contribution in [1.29, 1.82) is 0 Å². The van der Waals surface area contributed by atoms with Crippen LogP contribution in [0, 0.1) is 5.92 Å². The first kappa shape index (κ1) is 19.5. The van der Waals surface area contributed by atoms with Gasteiger partial charge in [0.25, 0.3) is 5.91 Å². The number of anilines is 2. The summed E-state index contributed by atoms with van der Waals surface area (Å²) in [6.07, 6.45) is 0. The highest BCUT2D eigenvalue weighted by Crippen LogP contribution is 2.17. The molecule has 0 heterocycles. The van der Waals surface area contributed by atoms with E-state index in [1.165, 1.54) is 0 Å². The van der Waals surface area contributed by atoms with Crippen molar-refractivity contribution >= 4 is 23.2 Å². The number of hydrogen-bond acceptors (Lipinski definition) is 4. The van der Waals surface area contributed by atoms with E-state index in [1.54, 1.807) is 62.4 Å². The minimum absolute atomic E-state index is 0.147. The first-order valence-electron chi connectivity index (χ1n) is 8.61. The Balaban J connectivity index is 1.96. The molecule has 2 atom stereocenters. The van der Waals surface area contributed by atoms with Gasteiger partial charge in [-0.15, -0.1) is 0 Å². The SMILES string of the molecule is CCOc1ccc(NC(=O)c2ccc(NC(=O)C(C)C(C)N)cc2)cc1. The van der Waals surface area contributed by atoms with Gasteiger partial charge in [0.1, 0.15) is 5.75 Å². The first-order chi connectivity index (χ1) is 12.4. The van der Waals surface area contributed by atoms with Gasteiger partial charge in [0.05, 0.1) is 12.5 Å². The maximum atomic E-state index is 12.3. The fraction of sp³-hybridized carbons (Fsp3) is 0.300. The summed E-state index contributed by atoms with van der Waals surface area (Å²) in [6.45, 7) is 6.08. The van der Waals surface area contributed by atoms with Crippen molar-refractivity contribution in [2.45, 2.75) is 26.8 Å². The van der Waals surface area contributed by atoms with Crippen molar-refractivity contribution in [3.05, 3.63) is 54.1 Å². The Labute approximate surface area is 153 Å². The average Bonchev–Trinajstić information content (AvgIpc) is 2.63. The number of ether oxygens (including phenoxy) is 1. The van der Waals surface area contributed by atoms with Gasteiger partial charge < -0.3 is 21.1 Å². The smallest absolute Gasteiger partial charge is 0.255 e. The van der Waals surface area contributed by atoms with Gasteiger partial charge in [-0.25, -0.2) is 0 Å². The zero-order valence-corrected chi connectivity index (χ0v) is 15.3. The molecule has 0 fully saturated rings. The molecule has 0 aliphatic carbocycles. The Bertz CT molecular complexity index is 740. The molecule has 2 amide bonds. The summed E-state index contributed by atoms with van der Waals surface area (Å²) < 4.78 is 5.37. The highest BCUT2D eigenvalue weighted by atomic mass is 16.5. The molecule has 2 rings (SSSR count). The Hall–Kier alpha value is -2.86. The third-order valence-corrected chi connectivity index (χ3v) is 4.04. The van der Waals surface area contributed by atoms with Crippen molar-refractivity contribution in [3.63, 3.8) is 0 Å². The molecule has 4 N–H and O–H groups in total. The van der Waals surface area contributed by atoms with Crippen LogP contribution in [-0.4, -0.2) is 24.5 Å². The van der Waals surface area contributed by atoms with Crippen LogP contribution < -0.4 is 21.1 Å². The number of nitrogens with one attached hydrogen (secondary N) is 2. The number of nitrogens with two attached hydrogens (primary N) is 1. The van der Waals surface area contributed by atoms with Gasteiger partial charge in [-0.1, -0.05) is 6.92 Å². The van der Waals surface area contributed by atoms with Crippen molar-refractivity contribution in [3.8, 4) is 5.75 Å².